The Labute approximate surface area is 135 Å². The number of hydrogen-bond donors (Lipinski definition) is 0. The van der Waals surface area contributed by atoms with Crippen LogP contribution in [0.25, 0.3) is 12.2 Å². The molecule has 0 saturated carbocycles. The first-order valence-corrected chi connectivity index (χ1v) is 7.48. The molecule has 0 spiro atoms. The van der Waals surface area contributed by atoms with Gasteiger partial charge in [-0.25, -0.2) is 9.79 Å². The largest absolute Gasteiger partial charge is 0.403 e. The van der Waals surface area contributed by atoms with Crippen LogP contribution in [0.3, 0.4) is 0 Å². The van der Waals surface area contributed by atoms with Crippen molar-refractivity contribution in [1.82, 2.24) is 0 Å². The number of hydrogen-bond acceptors (Lipinski definition) is 6. The Morgan fingerprint density at radius 2 is 2.09 bits per heavy atom. The molecular weight excluding hydrogens is 316 g/mol. The quantitative estimate of drug-likeness (QED) is 0.371. The Balaban J connectivity index is 1.79. The maximum atomic E-state index is 11.7. The van der Waals surface area contributed by atoms with Crippen molar-refractivity contribution < 1.29 is 14.5 Å². The van der Waals surface area contributed by atoms with Crippen LogP contribution >= 0.6 is 11.3 Å². The standard InChI is InChI=1S/C16H10N2O4S/c19-16-14(10-13-5-2-8-23-13)17-15(22-16)7-6-11-3-1-4-12(9-11)18(20)21/h1-10H/b7-6+,14-10-. The molecule has 2 aromatic rings. The zero-order valence-electron chi connectivity index (χ0n) is 11.7. The van der Waals surface area contributed by atoms with E-state index in [1.165, 1.54) is 29.5 Å². The third-order valence-corrected chi connectivity index (χ3v) is 3.78. The number of nitrogens with zero attached hydrogens (tertiary/aromatic N) is 2. The molecule has 0 unspecified atom stereocenters. The molecule has 7 heteroatoms. The van der Waals surface area contributed by atoms with Crippen molar-refractivity contribution in [2.75, 3.05) is 0 Å². The Kier molecular flexibility index (Phi) is 4.11. The summed E-state index contributed by atoms with van der Waals surface area (Å²) in [6, 6.07) is 9.88. The van der Waals surface area contributed by atoms with Gasteiger partial charge in [0.25, 0.3) is 5.69 Å². The zero-order valence-corrected chi connectivity index (χ0v) is 12.5. The highest BCUT2D eigenvalue weighted by molar-refractivity contribution is 7.10. The van der Waals surface area contributed by atoms with Crippen molar-refractivity contribution in [1.29, 1.82) is 0 Å². The van der Waals surface area contributed by atoms with Gasteiger partial charge in [0.1, 0.15) is 0 Å². The molecule has 0 aliphatic carbocycles. The van der Waals surface area contributed by atoms with Gasteiger partial charge < -0.3 is 4.74 Å². The van der Waals surface area contributed by atoms with Crippen molar-refractivity contribution in [2.45, 2.75) is 0 Å². The molecule has 6 nitrogen and oxygen atoms in total. The van der Waals surface area contributed by atoms with E-state index in [0.717, 1.165) is 4.88 Å². The van der Waals surface area contributed by atoms with Gasteiger partial charge in [-0.2, -0.15) is 0 Å². The molecule has 3 rings (SSSR count). The average molecular weight is 326 g/mol. The van der Waals surface area contributed by atoms with Crippen LogP contribution in [0.15, 0.2) is 58.5 Å². The summed E-state index contributed by atoms with van der Waals surface area (Å²) < 4.78 is 5.05. The van der Waals surface area contributed by atoms with E-state index in [9.17, 15) is 14.9 Å². The Bertz CT molecular complexity index is 851. The van der Waals surface area contributed by atoms with Crippen LogP contribution in [0.2, 0.25) is 0 Å². The van der Waals surface area contributed by atoms with E-state index < -0.39 is 10.9 Å². The number of nitro groups is 1. The van der Waals surface area contributed by atoms with E-state index in [-0.39, 0.29) is 17.3 Å². The van der Waals surface area contributed by atoms with Crippen LogP contribution < -0.4 is 0 Å². The number of esters is 1. The minimum atomic E-state index is -0.517. The topological polar surface area (TPSA) is 81.8 Å². The summed E-state index contributed by atoms with van der Waals surface area (Å²) in [7, 11) is 0. The van der Waals surface area contributed by atoms with E-state index >= 15 is 0 Å². The first-order chi connectivity index (χ1) is 11.1. The number of rotatable bonds is 4. The molecule has 0 radical (unpaired) electrons. The van der Waals surface area contributed by atoms with Crippen LogP contribution in [0.1, 0.15) is 10.4 Å². The summed E-state index contributed by atoms with van der Waals surface area (Å²) in [5.41, 5.74) is 0.843. The summed E-state index contributed by atoms with van der Waals surface area (Å²) >= 11 is 1.49. The molecule has 0 atom stereocenters. The fraction of sp³-hybridized carbons (Fsp3) is 0. The van der Waals surface area contributed by atoms with E-state index in [2.05, 4.69) is 4.99 Å². The van der Waals surface area contributed by atoms with Crippen LogP contribution in [0.5, 0.6) is 0 Å². The van der Waals surface area contributed by atoms with Gasteiger partial charge in [0, 0.05) is 23.1 Å². The van der Waals surface area contributed by atoms with E-state index in [1.807, 2.05) is 17.5 Å². The lowest BCUT2D eigenvalue weighted by Crippen LogP contribution is -2.00. The number of cyclic esters (lactones) is 1. The molecule has 2 heterocycles. The Morgan fingerprint density at radius 1 is 1.22 bits per heavy atom. The van der Waals surface area contributed by atoms with Gasteiger partial charge >= 0.3 is 5.97 Å². The van der Waals surface area contributed by atoms with Crippen molar-refractivity contribution in [3.8, 4) is 0 Å². The SMILES string of the molecule is O=C1OC(/C=C/c2cccc([N+](=O)[O-])c2)=NC/1=C\c1cccs1. The van der Waals surface area contributed by atoms with Gasteiger partial charge in [0.15, 0.2) is 5.70 Å². The number of ether oxygens (including phenoxy) is 1. The Morgan fingerprint density at radius 3 is 2.83 bits per heavy atom. The van der Waals surface area contributed by atoms with Gasteiger partial charge in [-0.15, -0.1) is 11.3 Å². The molecule has 114 valence electrons. The fourth-order valence-electron chi connectivity index (χ4n) is 1.91. The molecule has 1 aliphatic heterocycles. The second-order valence-electron chi connectivity index (χ2n) is 4.57. The van der Waals surface area contributed by atoms with E-state index in [1.54, 1.807) is 24.3 Å². The van der Waals surface area contributed by atoms with Crippen molar-refractivity contribution in [2.24, 2.45) is 4.99 Å². The molecule has 0 N–H and O–H groups in total. The number of carbonyl (C=O) groups is 1. The molecule has 1 aromatic carbocycles. The average Bonchev–Trinajstić information content (AvgIpc) is 3.16. The second-order valence-corrected chi connectivity index (χ2v) is 5.55. The predicted molar refractivity (Wildman–Crippen MR) is 88.0 cm³/mol. The van der Waals surface area contributed by atoms with Crippen molar-refractivity contribution in [3.05, 3.63) is 74.1 Å². The first kappa shape index (κ1) is 14.9. The molecule has 0 saturated heterocycles. The Hall–Kier alpha value is -3.06. The monoisotopic (exact) mass is 326 g/mol. The number of benzene rings is 1. The normalized spacial score (nSPS) is 15.9. The molecular formula is C16H10N2O4S. The van der Waals surface area contributed by atoms with Gasteiger partial charge in [-0.05, 0) is 29.2 Å². The summed E-state index contributed by atoms with van der Waals surface area (Å²) in [6.45, 7) is 0. The van der Waals surface area contributed by atoms with E-state index in [0.29, 0.717) is 5.56 Å². The predicted octanol–water partition coefficient (Wildman–Crippen LogP) is 3.67. The van der Waals surface area contributed by atoms with Gasteiger partial charge in [0.2, 0.25) is 5.90 Å². The molecule has 0 amide bonds. The van der Waals surface area contributed by atoms with Crippen LogP contribution in [0.4, 0.5) is 5.69 Å². The van der Waals surface area contributed by atoms with Crippen molar-refractivity contribution in [3.63, 3.8) is 0 Å². The molecule has 0 fully saturated rings. The fourth-order valence-corrected chi connectivity index (χ4v) is 2.57. The minimum Gasteiger partial charge on any atom is -0.403 e. The van der Waals surface area contributed by atoms with Crippen LogP contribution in [-0.4, -0.2) is 16.8 Å². The highest BCUT2D eigenvalue weighted by Crippen LogP contribution is 2.20. The maximum Gasteiger partial charge on any atom is 0.363 e. The maximum absolute atomic E-state index is 11.7. The second kappa shape index (κ2) is 6.37. The number of nitro benzene ring substituents is 1. The number of aliphatic imine (C=N–C) groups is 1. The highest BCUT2D eigenvalue weighted by atomic mass is 32.1. The number of thiophene rings is 1. The van der Waals surface area contributed by atoms with Crippen molar-refractivity contribution >= 4 is 41.0 Å². The zero-order chi connectivity index (χ0) is 16.2. The van der Waals surface area contributed by atoms with E-state index in [4.69, 9.17) is 4.74 Å². The smallest absolute Gasteiger partial charge is 0.363 e. The summed E-state index contributed by atoms with van der Waals surface area (Å²) in [4.78, 5) is 27.0. The minimum absolute atomic E-state index is 0.00390. The number of non-ortho nitro benzene ring substituents is 1. The third kappa shape index (κ3) is 3.58. The molecule has 1 aromatic heterocycles. The molecule has 23 heavy (non-hydrogen) atoms. The summed E-state index contributed by atoms with van der Waals surface area (Å²) in [6.07, 6.45) is 4.76. The molecule has 0 bridgehead atoms. The lowest BCUT2D eigenvalue weighted by molar-refractivity contribution is -0.384. The summed E-state index contributed by atoms with van der Waals surface area (Å²) in [5.74, 6) is -0.360. The third-order valence-electron chi connectivity index (χ3n) is 2.96. The number of carbonyl (C=O) groups excluding carboxylic acids is 1. The van der Waals surface area contributed by atoms with Gasteiger partial charge in [-0.3, -0.25) is 10.1 Å². The molecule has 1 aliphatic rings. The lowest BCUT2D eigenvalue weighted by Gasteiger charge is -1.94. The highest BCUT2D eigenvalue weighted by Gasteiger charge is 2.21. The lowest BCUT2D eigenvalue weighted by atomic mass is 10.2. The summed E-state index contributed by atoms with van der Waals surface area (Å²) in [5, 5.41) is 12.6. The van der Waals surface area contributed by atoms with Gasteiger partial charge in [0.05, 0.1) is 4.92 Å². The first-order valence-electron chi connectivity index (χ1n) is 6.60. The van der Waals surface area contributed by atoms with Crippen LogP contribution in [0, 0.1) is 10.1 Å². The van der Waals surface area contributed by atoms with Gasteiger partial charge in [-0.1, -0.05) is 18.2 Å². The van der Waals surface area contributed by atoms with Crippen LogP contribution in [-0.2, 0) is 9.53 Å².